The second-order valence-electron chi connectivity index (χ2n) is 7.19. The molecule has 1 heterocycles. The van der Waals surface area contributed by atoms with Crippen LogP contribution in [0.15, 0.2) is 47.4 Å². The molecule has 0 saturated heterocycles. The Bertz CT molecular complexity index is 1110. The van der Waals surface area contributed by atoms with Gasteiger partial charge in [0.15, 0.2) is 0 Å². The van der Waals surface area contributed by atoms with Gasteiger partial charge in [-0.2, -0.15) is 0 Å². The molecule has 0 radical (unpaired) electrons. The van der Waals surface area contributed by atoms with Gasteiger partial charge in [0.2, 0.25) is 10.0 Å². The van der Waals surface area contributed by atoms with Crippen LogP contribution < -0.4 is 10.5 Å². The first-order valence-electron chi connectivity index (χ1n) is 9.57. The maximum atomic E-state index is 12.7. The van der Waals surface area contributed by atoms with Crippen molar-refractivity contribution in [3.63, 3.8) is 0 Å². The Balaban J connectivity index is 1.75. The molecule has 9 heteroatoms. The first-order valence-corrected chi connectivity index (χ1v) is 11.1. The Labute approximate surface area is 175 Å². The summed E-state index contributed by atoms with van der Waals surface area (Å²) in [7, 11) is -3.79. The van der Waals surface area contributed by atoms with Gasteiger partial charge >= 0.3 is 0 Å². The molecule has 0 saturated carbocycles. The van der Waals surface area contributed by atoms with E-state index in [1.165, 1.54) is 35.2 Å². The van der Waals surface area contributed by atoms with Gasteiger partial charge in [-0.25, -0.2) is 13.6 Å². The van der Waals surface area contributed by atoms with E-state index in [1.54, 1.807) is 19.1 Å². The number of fused-ring (bicyclic) bond motifs is 1. The zero-order chi connectivity index (χ0) is 22.1. The third kappa shape index (κ3) is 4.27. The third-order valence-corrected chi connectivity index (χ3v) is 5.95. The van der Waals surface area contributed by atoms with Gasteiger partial charge < -0.3 is 5.32 Å². The highest BCUT2D eigenvalue weighted by Gasteiger charge is 2.35. The summed E-state index contributed by atoms with van der Waals surface area (Å²) in [6.07, 6.45) is 1.58. The summed E-state index contributed by atoms with van der Waals surface area (Å²) < 4.78 is 22.7. The molecule has 0 unspecified atom stereocenters. The van der Waals surface area contributed by atoms with E-state index >= 15 is 0 Å². The minimum Gasteiger partial charge on any atom is -0.346 e. The fourth-order valence-corrected chi connectivity index (χ4v) is 3.78. The maximum absolute atomic E-state index is 12.7. The van der Waals surface area contributed by atoms with Crippen molar-refractivity contribution in [1.82, 2.24) is 10.2 Å². The van der Waals surface area contributed by atoms with Crippen molar-refractivity contribution in [1.29, 1.82) is 0 Å². The van der Waals surface area contributed by atoms with Crippen LogP contribution in [0.3, 0.4) is 0 Å². The van der Waals surface area contributed by atoms with E-state index in [9.17, 15) is 22.8 Å². The van der Waals surface area contributed by atoms with Gasteiger partial charge in [-0.1, -0.05) is 25.5 Å². The van der Waals surface area contributed by atoms with Crippen LogP contribution in [-0.4, -0.2) is 37.6 Å². The van der Waals surface area contributed by atoms with E-state index in [0.29, 0.717) is 17.7 Å². The van der Waals surface area contributed by atoms with Crippen LogP contribution in [-0.2, 0) is 10.0 Å². The molecule has 0 spiro atoms. The van der Waals surface area contributed by atoms with E-state index in [-0.39, 0.29) is 27.8 Å². The van der Waals surface area contributed by atoms with E-state index in [4.69, 9.17) is 5.14 Å². The Morgan fingerprint density at radius 1 is 1.07 bits per heavy atom. The number of hydrogen-bond acceptors (Lipinski definition) is 5. The van der Waals surface area contributed by atoms with Gasteiger partial charge in [-0.05, 0) is 49.2 Å². The predicted octanol–water partition coefficient (Wildman–Crippen LogP) is 2.22. The van der Waals surface area contributed by atoms with Gasteiger partial charge in [-0.15, -0.1) is 0 Å². The molecule has 0 fully saturated rings. The molecule has 3 N–H and O–H groups in total. The molecular weight excluding hydrogens is 406 g/mol. The van der Waals surface area contributed by atoms with Crippen molar-refractivity contribution in [3.8, 4) is 0 Å². The highest BCUT2D eigenvalue weighted by Crippen LogP contribution is 2.25. The number of carbonyl (C=O) groups excluding carboxylic acids is 3. The summed E-state index contributed by atoms with van der Waals surface area (Å²) >= 11 is 0. The normalized spacial score (nSPS) is 14.6. The molecule has 8 nitrogen and oxygen atoms in total. The van der Waals surface area contributed by atoms with Crippen molar-refractivity contribution in [3.05, 3.63) is 64.7 Å². The third-order valence-electron chi connectivity index (χ3n) is 5.02. The standard InChI is InChI=1S/C21H23N3O5S/c1-3-4-11-24-20(26)17-10-7-15(12-18(17)21(24)27)19(25)23-13(2)14-5-8-16(9-6-14)30(22,28)29/h5-10,12-13H,3-4,11H2,1-2H3,(H,23,25)(H2,22,28,29)/t13-/m1/s1. The average Bonchev–Trinajstić information content (AvgIpc) is 2.95. The molecule has 3 amide bonds. The van der Waals surface area contributed by atoms with Gasteiger partial charge in [0.25, 0.3) is 17.7 Å². The molecule has 0 aromatic heterocycles. The number of nitrogens with zero attached hydrogens (tertiary/aromatic N) is 1. The molecule has 3 rings (SSSR count). The average molecular weight is 429 g/mol. The van der Waals surface area contributed by atoms with Crippen molar-refractivity contribution in [2.24, 2.45) is 5.14 Å². The minimum atomic E-state index is -3.79. The Morgan fingerprint density at radius 2 is 1.70 bits per heavy atom. The van der Waals surface area contributed by atoms with Gasteiger partial charge in [0.1, 0.15) is 0 Å². The lowest BCUT2D eigenvalue weighted by molar-refractivity contribution is 0.0652. The molecular formula is C21H23N3O5S. The molecule has 1 aliphatic rings. The lowest BCUT2D eigenvalue weighted by atomic mass is 10.0. The molecule has 0 bridgehead atoms. The van der Waals surface area contributed by atoms with Gasteiger partial charge in [-0.3, -0.25) is 19.3 Å². The second-order valence-corrected chi connectivity index (χ2v) is 8.75. The molecule has 1 atom stereocenters. The summed E-state index contributed by atoms with van der Waals surface area (Å²) in [5.74, 6) is -1.13. The van der Waals surface area contributed by atoms with E-state index in [0.717, 1.165) is 12.8 Å². The summed E-state index contributed by atoms with van der Waals surface area (Å²) in [5, 5.41) is 7.89. The fourth-order valence-electron chi connectivity index (χ4n) is 3.26. The van der Waals surface area contributed by atoms with Crippen molar-refractivity contribution in [2.75, 3.05) is 6.54 Å². The Kier molecular flexibility index (Phi) is 6.04. The number of benzene rings is 2. The number of primary sulfonamides is 1. The largest absolute Gasteiger partial charge is 0.346 e. The number of rotatable bonds is 7. The molecule has 158 valence electrons. The number of nitrogens with one attached hydrogen (secondary N) is 1. The smallest absolute Gasteiger partial charge is 0.261 e. The maximum Gasteiger partial charge on any atom is 0.261 e. The van der Waals surface area contributed by atoms with Crippen molar-refractivity contribution >= 4 is 27.7 Å². The fraction of sp³-hybridized carbons (Fsp3) is 0.286. The summed E-state index contributed by atoms with van der Waals surface area (Å²) in [6.45, 7) is 4.08. The molecule has 2 aromatic carbocycles. The summed E-state index contributed by atoms with van der Waals surface area (Å²) in [5.41, 5.74) is 1.49. The number of amides is 3. The Hall–Kier alpha value is -3.04. The van der Waals surface area contributed by atoms with Crippen LogP contribution in [0.4, 0.5) is 0 Å². The van der Waals surface area contributed by atoms with E-state index < -0.39 is 22.0 Å². The quantitative estimate of drug-likeness (QED) is 0.653. The Morgan fingerprint density at radius 3 is 2.30 bits per heavy atom. The summed E-state index contributed by atoms with van der Waals surface area (Å²) in [6, 6.07) is 9.92. The van der Waals surface area contributed by atoms with Crippen LogP contribution in [0.25, 0.3) is 0 Å². The van der Waals surface area contributed by atoms with Gasteiger partial charge in [0.05, 0.1) is 22.1 Å². The molecule has 0 aliphatic carbocycles. The first-order chi connectivity index (χ1) is 14.1. The highest BCUT2D eigenvalue weighted by molar-refractivity contribution is 7.89. The molecule has 30 heavy (non-hydrogen) atoms. The number of imide groups is 1. The van der Waals surface area contributed by atoms with Crippen LogP contribution in [0.2, 0.25) is 0 Å². The van der Waals surface area contributed by atoms with Crippen molar-refractivity contribution < 1.29 is 22.8 Å². The minimum absolute atomic E-state index is 0.0146. The van der Waals surface area contributed by atoms with Crippen molar-refractivity contribution in [2.45, 2.75) is 37.6 Å². The van der Waals surface area contributed by atoms with Crippen LogP contribution in [0, 0.1) is 0 Å². The lowest BCUT2D eigenvalue weighted by Crippen LogP contribution is -2.30. The predicted molar refractivity (Wildman–Crippen MR) is 110 cm³/mol. The SMILES string of the molecule is CCCCN1C(=O)c2ccc(C(=O)N[C@H](C)c3ccc(S(N)(=O)=O)cc3)cc2C1=O. The van der Waals surface area contributed by atoms with E-state index in [2.05, 4.69) is 5.32 Å². The summed E-state index contributed by atoms with van der Waals surface area (Å²) in [4.78, 5) is 38.8. The van der Waals surface area contributed by atoms with Crippen LogP contribution >= 0.6 is 0 Å². The number of carbonyl (C=O) groups is 3. The number of nitrogens with two attached hydrogens (primary N) is 1. The zero-order valence-corrected chi connectivity index (χ0v) is 17.5. The molecule has 1 aliphatic heterocycles. The number of hydrogen-bond donors (Lipinski definition) is 2. The second kappa shape index (κ2) is 8.37. The number of unbranched alkanes of at least 4 members (excludes halogenated alkanes) is 1. The number of sulfonamides is 1. The topological polar surface area (TPSA) is 127 Å². The lowest BCUT2D eigenvalue weighted by Gasteiger charge is -2.15. The van der Waals surface area contributed by atoms with Crippen LogP contribution in [0.1, 0.15) is 69.4 Å². The van der Waals surface area contributed by atoms with E-state index in [1.807, 2.05) is 6.92 Å². The van der Waals surface area contributed by atoms with Gasteiger partial charge in [0, 0.05) is 12.1 Å². The highest BCUT2D eigenvalue weighted by atomic mass is 32.2. The van der Waals surface area contributed by atoms with Crippen LogP contribution in [0.5, 0.6) is 0 Å². The zero-order valence-electron chi connectivity index (χ0n) is 16.7. The molecule has 2 aromatic rings. The monoisotopic (exact) mass is 429 g/mol. The first kappa shape index (κ1) is 21.7.